The highest BCUT2D eigenvalue weighted by molar-refractivity contribution is 7.91. The molecule has 5 heteroatoms. The first-order valence-electron chi connectivity index (χ1n) is 6.45. The van der Waals surface area contributed by atoms with Gasteiger partial charge >= 0.3 is 0 Å². The van der Waals surface area contributed by atoms with Crippen LogP contribution < -0.4 is 5.73 Å². The van der Waals surface area contributed by atoms with Crippen LogP contribution in [0.15, 0.2) is 0 Å². The third-order valence-electron chi connectivity index (χ3n) is 3.58. The molecule has 0 aromatic carbocycles. The maximum Gasteiger partial charge on any atom is 0.150 e. The Hall–Kier alpha value is -0.420. The van der Waals surface area contributed by atoms with Gasteiger partial charge in [0.15, 0.2) is 0 Å². The van der Waals surface area contributed by atoms with E-state index in [1.165, 1.54) is 0 Å². The summed E-state index contributed by atoms with van der Waals surface area (Å²) in [6.45, 7) is 1.61. The molecule has 0 bridgehead atoms. The van der Waals surface area contributed by atoms with Crippen molar-refractivity contribution in [1.82, 2.24) is 0 Å². The monoisotopic (exact) mass is 261 g/mol. The van der Waals surface area contributed by atoms with Crippen molar-refractivity contribution in [2.45, 2.75) is 51.5 Å². The quantitative estimate of drug-likeness (QED) is 0.756. The Kier molecular flexibility index (Phi) is 5.59. The third-order valence-corrected chi connectivity index (χ3v) is 5.29. The number of carbonyl (C=O) groups excluding carboxylic acids is 1. The van der Waals surface area contributed by atoms with Crippen molar-refractivity contribution in [2.24, 2.45) is 11.7 Å². The summed E-state index contributed by atoms with van der Waals surface area (Å²) >= 11 is 0. The number of Topliss-reactive ketones (excluding diaryl/α,β-unsaturated/α-hetero) is 1. The minimum Gasteiger partial charge on any atom is -0.327 e. The van der Waals surface area contributed by atoms with E-state index < -0.39 is 9.84 Å². The number of hydrogen-bond acceptors (Lipinski definition) is 4. The number of sulfone groups is 1. The van der Waals surface area contributed by atoms with Gasteiger partial charge in [0, 0.05) is 24.1 Å². The van der Waals surface area contributed by atoms with Crippen molar-refractivity contribution in [3.05, 3.63) is 0 Å². The second-order valence-corrected chi connectivity index (χ2v) is 7.33. The normalized spacial score (nSPS) is 26.5. The Labute approximate surface area is 104 Å². The summed E-state index contributed by atoms with van der Waals surface area (Å²) in [5.41, 5.74) is 5.98. The highest BCUT2D eigenvalue weighted by Gasteiger charge is 2.27. The van der Waals surface area contributed by atoms with E-state index in [4.69, 9.17) is 5.73 Å². The van der Waals surface area contributed by atoms with E-state index in [1.807, 2.05) is 0 Å². The van der Waals surface area contributed by atoms with E-state index >= 15 is 0 Å². The first kappa shape index (κ1) is 14.6. The smallest absolute Gasteiger partial charge is 0.150 e. The maximum atomic E-state index is 12.0. The molecule has 100 valence electrons. The Bertz CT molecular complexity index is 351. The molecule has 1 saturated carbocycles. The molecular weight excluding hydrogens is 238 g/mol. The lowest BCUT2D eigenvalue weighted by molar-refractivity contribution is -0.123. The second kappa shape index (κ2) is 6.50. The Morgan fingerprint density at radius 2 is 1.88 bits per heavy atom. The fourth-order valence-corrected chi connectivity index (χ4v) is 3.12. The standard InChI is InChI=1S/C12H23NO3S/c1-2-17(15,16)9-8-12(14)10-6-4-3-5-7-11(10)13/h10-11H,2-9,13H2,1H3. The molecule has 0 aromatic rings. The first-order valence-corrected chi connectivity index (χ1v) is 8.27. The van der Waals surface area contributed by atoms with Crippen LogP contribution in [-0.4, -0.2) is 31.7 Å². The summed E-state index contributed by atoms with van der Waals surface area (Å²) in [6.07, 6.45) is 5.09. The molecule has 0 aromatic heterocycles. The van der Waals surface area contributed by atoms with Gasteiger partial charge in [0.1, 0.15) is 15.6 Å². The largest absolute Gasteiger partial charge is 0.327 e. The van der Waals surface area contributed by atoms with E-state index in [0.717, 1.165) is 32.1 Å². The van der Waals surface area contributed by atoms with Gasteiger partial charge in [-0.15, -0.1) is 0 Å². The van der Waals surface area contributed by atoms with Crippen LogP contribution in [-0.2, 0) is 14.6 Å². The molecule has 0 spiro atoms. The fourth-order valence-electron chi connectivity index (χ4n) is 2.32. The molecule has 0 saturated heterocycles. The summed E-state index contributed by atoms with van der Waals surface area (Å²) in [5.74, 6) is 0.00344. The maximum absolute atomic E-state index is 12.0. The zero-order valence-corrected chi connectivity index (χ0v) is 11.3. The van der Waals surface area contributed by atoms with Gasteiger partial charge in [-0.05, 0) is 12.8 Å². The Balaban J connectivity index is 2.51. The highest BCUT2D eigenvalue weighted by atomic mass is 32.2. The average molecular weight is 261 g/mol. The summed E-state index contributed by atoms with van der Waals surface area (Å²) in [6, 6.07) is -0.0747. The lowest BCUT2D eigenvalue weighted by atomic mass is 9.90. The SMILES string of the molecule is CCS(=O)(=O)CCC(=O)C1CCCCCC1N. The van der Waals surface area contributed by atoms with Crippen molar-refractivity contribution in [3.8, 4) is 0 Å². The molecule has 0 heterocycles. The molecule has 1 fully saturated rings. The molecule has 2 N–H and O–H groups in total. The summed E-state index contributed by atoms with van der Waals surface area (Å²) in [5, 5.41) is 0. The average Bonchev–Trinajstić information content (AvgIpc) is 2.51. The predicted octanol–water partition coefficient (Wildman–Crippen LogP) is 1.29. The molecule has 1 aliphatic carbocycles. The van der Waals surface area contributed by atoms with Crippen LogP contribution in [0.25, 0.3) is 0 Å². The van der Waals surface area contributed by atoms with Crippen LogP contribution in [0.2, 0.25) is 0 Å². The van der Waals surface area contributed by atoms with Crippen LogP contribution in [0.4, 0.5) is 0 Å². The van der Waals surface area contributed by atoms with E-state index in [-0.39, 0.29) is 35.7 Å². The first-order chi connectivity index (χ1) is 7.96. The topological polar surface area (TPSA) is 77.2 Å². The van der Waals surface area contributed by atoms with Crippen molar-refractivity contribution in [3.63, 3.8) is 0 Å². The van der Waals surface area contributed by atoms with Gasteiger partial charge in [-0.2, -0.15) is 0 Å². The zero-order chi connectivity index (χ0) is 12.9. The van der Waals surface area contributed by atoms with Crippen LogP contribution in [0.1, 0.15) is 45.4 Å². The minimum atomic E-state index is -3.04. The summed E-state index contributed by atoms with van der Waals surface area (Å²) in [4.78, 5) is 12.0. The van der Waals surface area contributed by atoms with Gasteiger partial charge in [-0.3, -0.25) is 4.79 Å². The van der Waals surface area contributed by atoms with Gasteiger partial charge in [-0.1, -0.05) is 26.2 Å². The molecule has 1 rings (SSSR count). The fraction of sp³-hybridized carbons (Fsp3) is 0.917. The number of hydrogen-bond donors (Lipinski definition) is 1. The molecule has 1 aliphatic rings. The van der Waals surface area contributed by atoms with Crippen molar-refractivity contribution < 1.29 is 13.2 Å². The summed E-state index contributed by atoms with van der Waals surface area (Å²) in [7, 11) is -3.04. The van der Waals surface area contributed by atoms with Gasteiger partial charge in [-0.25, -0.2) is 8.42 Å². The van der Waals surface area contributed by atoms with Gasteiger partial charge in [0.25, 0.3) is 0 Å². The van der Waals surface area contributed by atoms with E-state index in [9.17, 15) is 13.2 Å². The number of carbonyl (C=O) groups is 1. The highest BCUT2D eigenvalue weighted by Crippen LogP contribution is 2.24. The Morgan fingerprint density at radius 3 is 2.53 bits per heavy atom. The number of ketones is 1. The van der Waals surface area contributed by atoms with Gasteiger partial charge in [0.05, 0.1) is 5.75 Å². The molecule has 2 atom stereocenters. The molecule has 0 radical (unpaired) electrons. The molecule has 0 aliphatic heterocycles. The number of nitrogens with two attached hydrogens (primary N) is 1. The van der Waals surface area contributed by atoms with Crippen LogP contribution in [0, 0.1) is 5.92 Å². The van der Waals surface area contributed by atoms with Gasteiger partial charge < -0.3 is 5.73 Å². The second-order valence-electron chi connectivity index (χ2n) is 4.86. The van der Waals surface area contributed by atoms with Crippen molar-refractivity contribution in [2.75, 3.05) is 11.5 Å². The molecule has 17 heavy (non-hydrogen) atoms. The van der Waals surface area contributed by atoms with E-state index in [2.05, 4.69) is 0 Å². The Morgan fingerprint density at radius 1 is 1.24 bits per heavy atom. The number of rotatable bonds is 5. The van der Waals surface area contributed by atoms with E-state index in [1.54, 1.807) is 6.92 Å². The van der Waals surface area contributed by atoms with Gasteiger partial charge in [0.2, 0.25) is 0 Å². The lowest BCUT2D eigenvalue weighted by Gasteiger charge is -2.19. The lowest BCUT2D eigenvalue weighted by Crippen LogP contribution is -2.35. The third kappa shape index (κ3) is 4.76. The molecule has 4 nitrogen and oxygen atoms in total. The minimum absolute atomic E-state index is 0.0223. The molecule has 2 unspecified atom stereocenters. The van der Waals surface area contributed by atoms with Crippen LogP contribution in [0.3, 0.4) is 0 Å². The summed E-state index contributed by atoms with van der Waals surface area (Å²) < 4.78 is 22.7. The van der Waals surface area contributed by atoms with E-state index in [0.29, 0.717) is 0 Å². The predicted molar refractivity (Wildman–Crippen MR) is 68.5 cm³/mol. The molecule has 0 amide bonds. The van der Waals surface area contributed by atoms with Crippen molar-refractivity contribution >= 4 is 15.6 Å². The molecular formula is C12H23NO3S. The zero-order valence-electron chi connectivity index (χ0n) is 10.5. The van der Waals surface area contributed by atoms with Crippen LogP contribution >= 0.6 is 0 Å². The van der Waals surface area contributed by atoms with Crippen molar-refractivity contribution in [1.29, 1.82) is 0 Å². The van der Waals surface area contributed by atoms with Crippen LogP contribution in [0.5, 0.6) is 0 Å².